The van der Waals surface area contributed by atoms with E-state index < -0.39 is 5.97 Å². The van der Waals surface area contributed by atoms with Crippen LogP contribution in [0.2, 0.25) is 0 Å². The van der Waals surface area contributed by atoms with Crippen LogP contribution >= 0.6 is 0 Å². The van der Waals surface area contributed by atoms with Crippen molar-refractivity contribution in [1.82, 2.24) is 0 Å². The Balaban J connectivity index is 2.15. The van der Waals surface area contributed by atoms with E-state index in [1.54, 1.807) is 6.08 Å². The van der Waals surface area contributed by atoms with Crippen LogP contribution in [0.1, 0.15) is 64.7 Å². The molecule has 0 amide bonds. The van der Waals surface area contributed by atoms with Gasteiger partial charge in [0.05, 0.1) is 0 Å². The van der Waals surface area contributed by atoms with E-state index in [1.165, 1.54) is 0 Å². The van der Waals surface area contributed by atoms with Gasteiger partial charge in [0.15, 0.2) is 5.78 Å². The lowest BCUT2D eigenvalue weighted by atomic mass is 9.87. The fraction of sp³-hybridized carbons (Fsp3) is 0.667. The monoisotopic (exact) mass is 292 g/mol. The SMILES string of the molecule is CCC=CC[C@H]1C(=O)C=C[C@H]1CCCCCCCC(=O)O. The number of carbonyl (C=O) groups excluding carboxylic acids is 1. The molecule has 0 radical (unpaired) electrons. The van der Waals surface area contributed by atoms with Gasteiger partial charge >= 0.3 is 5.97 Å². The maximum absolute atomic E-state index is 11.8. The lowest BCUT2D eigenvalue weighted by Crippen LogP contribution is -2.15. The predicted octanol–water partition coefficient (Wildman–Crippen LogP) is 4.53. The molecule has 0 aromatic rings. The van der Waals surface area contributed by atoms with Crippen LogP contribution in [-0.2, 0) is 9.59 Å². The van der Waals surface area contributed by atoms with E-state index in [0.29, 0.717) is 5.92 Å². The molecule has 0 saturated heterocycles. The van der Waals surface area contributed by atoms with Gasteiger partial charge < -0.3 is 5.11 Å². The lowest BCUT2D eigenvalue weighted by Gasteiger charge is -2.16. The summed E-state index contributed by atoms with van der Waals surface area (Å²) in [5.41, 5.74) is 0. The third-order valence-electron chi connectivity index (χ3n) is 4.11. The molecule has 21 heavy (non-hydrogen) atoms. The van der Waals surface area contributed by atoms with Gasteiger partial charge in [-0.3, -0.25) is 9.59 Å². The molecule has 1 aliphatic rings. The molecule has 0 fully saturated rings. The Kier molecular flexibility index (Phi) is 8.72. The van der Waals surface area contributed by atoms with E-state index in [1.807, 2.05) is 0 Å². The minimum Gasteiger partial charge on any atom is -0.481 e. The Morgan fingerprint density at radius 2 is 1.90 bits per heavy atom. The van der Waals surface area contributed by atoms with Gasteiger partial charge in [-0.05, 0) is 37.7 Å². The van der Waals surface area contributed by atoms with Crippen LogP contribution in [0.4, 0.5) is 0 Å². The fourth-order valence-corrected chi connectivity index (χ4v) is 2.87. The zero-order chi connectivity index (χ0) is 15.5. The Morgan fingerprint density at radius 1 is 1.19 bits per heavy atom. The molecule has 0 aromatic heterocycles. The second-order valence-corrected chi connectivity index (χ2v) is 5.85. The van der Waals surface area contributed by atoms with Crippen molar-refractivity contribution in [3.05, 3.63) is 24.3 Å². The number of carbonyl (C=O) groups is 2. The number of carboxylic acids is 1. The van der Waals surface area contributed by atoms with Crippen LogP contribution in [-0.4, -0.2) is 16.9 Å². The smallest absolute Gasteiger partial charge is 0.303 e. The predicted molar refractivity (Wildman–Crippen MR) is 85.1 cm³/mol. The number of allylic oxidation sites excluding steroid dienone is 4. The number of unbranched alkanes of at least 4 members (excludes halogenated alkanes) is 4. The summed E-state index contributed by atoms with van der Waals surface area (Å²) in [6.45, 7) is 2.10. The third-order valence-corrected chi connectivity index (χ3v) is 4.11. The second kappa shape index (κ2) is 10.4. The Hall–Kier alpha value is -1.38. The molecule has 2 atom stereocenters. The van der Waals surface area contributed by atoms with Crippen molar-refractivity contribution in [2.24, 2.45) is 11.8 Å². The highest BCUT2D eigenvalue weighted by Crippen LogP contribution is 2.30. The van der Waals surface area contributed by atoms with Crippen molar-refractivity contribution in [3.63, 3.8) is 0 Å². The quantitative estimate of drug-likeness (QED) is 0.449. The molecule has 0 saturated carbocycles. The van der Waals surface area contributed by atoms with E-state index in [-0.39, 0.29) is 18.1 Å². The maximum atomic E-state index is 11.8. The molecular formula is C18H28O3. The summed E-state index contributed by atoms with van der Waals surface area (Å²) < 4.78 is 0. The van der Waals surface area contributed by atoms with Gasteiger partial charge in [-0.2, -0.15) is 0 Å². The minimum absolute atomic E-state index is 0.153. The molecule has 118 valence electrons. The normalized spacial score (nSPS) is 21.5. The Labute approximate surface area is 128 Å². The number of hydrogen-bond donors (Lipinski definition) is 1. The highest BCUT2D eigenvalue weighted by molar-refractivity contribution is 5.94. The van der Waals surface area contributed by atoms with Gasteiger partial charge in [-0.25, -0.2) is 0 Å². The number of aliphatic carboxylic acids is 1. The molecule has 1 rings (SSSR count). The van der Waals surface area contributed by atoms with Crippen molar-refractivity contribution in [3.8, 4) is 0 Å². The van der Waals surface area contributed by atoms with Gasteiger partial charge in [0.1, 0.15) is 0 Å². The summed E-state index contributed by atoms with van der Waals surface area (Å²) in [5.74, 6) is 0.132. The van der Waals surface area contributed by atoms with E-state index in [2.05, 4.69) is 25.2 Å². The van der Waals surface area contributed by atoms with E-state index in [4.69, 9.17) is 5.11 Å². The second-order valence-electron chi connectivity index (χ2n) is 5.85. The van der Waals surface area contributed by atoms with Crippen LogP contribution in [0.25, 0.3) is 0 Å². The molecule has 0 aliphatic heterocycles. The zero-order valence-corrected chi connectivity index (χ0v) is 13.1. The molecule has 0 spiro atoms. The van der Waals surface area contributed by atoms with Gasteiger partial charge in [0.2, 0.25) is 0 Å². The van der Waals surface area contributed by atoms with Crippen molar-refractivity contribution in [2.75, 3.05) is 0 Å². The number of hydrogen-bond acceptors (Lipinski definition) is 2. The first-order chi connectivity index (χ1) is 10.1. The standard InChI is InChI=1S/C18H28O3/c1-2-3-7-11-16-15(13-14-17(16)19)10-8-5-4-6-9-12-18(20)21/h3,7,13-16H,2,4-6,8-12H2,1H3,(H,20,21)/t15-,16-/m1/s1. The molecule has 1 N–H and O–H groups in total. The van der Waals surface area contributed by atoms with Crippen molar-refractivity contribution < 1.29 is 14.7 Å². The summed E-state index contributed by atoms with van der Waals surface area (Å²) in [6.07, 6.45) is 16.5. The summed E-state index contributed by atoms with van der Waals surface area (Å²) in [4.78, 5) is 22.2. The topological polar surface area (TPSA) is 54.4 Å². The zero-order valence-electron chi connectivity index (χ0n) is 13.1. The Morgan fingerprint density at radius 3 is 2.62 bits per heavy atom. The fourth-order valence-electron chi connectivity index (χ4n) is 2.87. The summed E-state index contributed by atoms with van der Waals surface area (Å²) in [6, 6.07) is 0. The number of ketones is 1. The van der Waals surface area contributed by atoms with Crippen LogP contribution in [0.3, 0.4) is 0 Å². The van der Waals surface area contributed by atoms with Gasteiger partial charge in [0, 0.05) is 12.3 Å². The average molecular weight is 292 g/mol. The average Bonchev–Trinajstić information content (AvgIpc) is 2.79. The van der Waals surface area contributed by atoms with Crippen LogP contribution in [0, 0.1) is 11.8 Å². The van der Waals surface area contributed by atoms with Crippen LogP contribution in [0.5, 0.6) is 0 Å². The van der Waals surface area contributed by atoms with Gasteiger partial charge in [-0.15, -0.1) is 0 Å². The molecule has 3 nitrogen and oxygen atoms in total. The summed E-state index contributed by atoms with van der Waals surface area (Å²) >= 11 is 0. The summed E-state index contributed by atoms with van der Waals surface area (Å²) in [7, 11) is 0. The Bertz CT molecular complexity index is 382. The third kappa shape index (κ3) is 7.26. The number of carboxylic acid groups (broad SMARTS) is 1. The summed E-state index contributed by atoms with van der Waals surface area (Å²) in [5, 5.41) is 8.56. The van der Waals surface area contributed by atoms with Gasteiger partial charge in [0.25, 0.3) is 0 Å². The minimum atomic E-state index is -0.701. The molecule has 0 heterocycles. The molecule has 0 unspecified atom stereocenters. The van der Waals surface area contributed by atoms with Crippen molar-refractivity contribution in [1.29, 1.82) is 0 Å². The van der Waals surface area contributed by atoms with Crippen LogP contribution < -0.4 is 0 Å². The van der Waals surface area contributed by atoms with Crippen molar-refractivity contribution in [2.45, 2.75) is 64.7 Å². The largest absolute Gasteiger partial charge is 0.481 e. The van der Waals surface area contributed by atoms with Crippen LogP contribution in [0.15, 0.2) is 24.3 Å². The maximum Gasteiger partial charge on any atom is 0.303 e. The first-order valence-corrected chi connectivity index (χ1v) is 8.24. The van der Waals surface area contributed by atoms with Crippen molar-refractivity contribution >= 4 is 11.8 Å². The molecule has 0 aromatic carbocycles. The highest BCUT2D eigenvalue weighted by atomic mass is 16.4. The van der Waals surface area contributed by atoms with E-state index in [9.17, 15) is 9.59 Å². The van der Waals surface area contributed by atoms with Gasteiger partial charge in [-0.1, -0.05) is 50.8 Å². The highest BCUT2D eigenvalue weighted by Gasteiger charge is 2.28. The first kappa shape index (κ1) is 17.7. The first-order valence-electron chi connectivity index (χ1n) is 8.24. The molecule has 0 bridgehead atoms. The molecule has 1 aliphatic carbocycles. The lowest BCUT2D eigenvalue weighted by molar-refractivity contribution is -0.137. The molecular weight excluding hydrogens is 264 g/mol. The molecule has 3 heteroatoms. The number of rotatable bonds is 11. The van der Waals surface area contributed by atoms with E-state index >= 15 is 0 Å². The van der Waals surface area contributed by atoms with E-state index in [0.717, 1.165) is 51.4 Å².